The standard InChI is InChI=1S/C15H25N/c1-6-7-10(2)15(16)14-9-12(4)11(3)8-13(14)5/h8-10,15H,6-7,16H2,1-5H3. The molecule has 0 bridgehead atoms. The monoisotopic (exact) mass is 219 g/mol. The van der Waals surface area contributed by atoms with Gasteiger partial charge in [-0.25, -0.2) is 0 Å². The van der Waals surface area contributed by atoms with Crippen LogP contribution in [-0.4, -0.2) is 0 Å². The third-order valence-corrected chi connectivity index (χ3v) is 3.60. The molecule has 90 valence electrons. The van der Waals surface area contributed by atoms with Gasteiger partial charge >= 0.3 is 0 Å². The van der Waals surface area contributed by atoms with Crippen LogP contribution in [0, 0.1) is 26.7 Å². The molecule has 1 rings (SSSR count). The lowest BCUT2D eigenvalue weighted by atomic mass is 9.87. The van der Waals surface area contributed by atoms with Crippen molar-refractivity contribution in [2.24, 2.45) is 11.7 Å². The van der Waals surface area contributed by atoms with Crippen LogP contribution in [0.2, 0.25) is 0 Å². The number of hydrogen-bond acceptors (Lipinski definition) is 1. The Labute approximate surface area is 100 Å². The quantitative estimate of drug-likeness (QED) is 0.812. The van der Waals surface area contributed by atoms with Crippen LogP contribution < -0.4 is 5.73 Å². The first-order valence-electron chi connectivity index (χ1n) is 6.30. The molecule has 0 amide bonds. The molecule has 0 radical (unpaired) electrons. The van der Waals surface area contributed by atoms with Crippen LogP contribution >= 0.6 is 0 Å². The highest BCUT2D eigenvalue weighted by Crippen LogP contribution is 2.27. The summed E-state index contributed by atoms with van der Waals surface area (Å²) in [6.07, 6.45) is 2.41. The van der Waals surface area contributed by atoms with Crippen LogP contribution in [0.4, 0.5) is 0 Å². The van der Waals surface area contributed by atoms with Gasteiger partial charge in [-0.15, -0.1) is 0 Å². The van der Waals surface area contributed by atoms with Gasteiger partial charge in [0.1, 0.15) is 0 Å². The molecule has 0 aromatic heterocycles. The van der Waals surface area contributed by atoms with E-state index in [0.717, 1.165) is 0 Å². The fraction of sp³-hybridized carbons (Fsp3) is 0.600. The van der Waals surface area contributed by atoms with Gasteiger partial charge in [0, 0.05) is 6.04 Å². The molecule has 0 fully saturated rings. The fourth-order valence-electron chi connectivity index (χ4n) is 2.28. The summed E-state index contributed by atoms with van der Waals surface area (Å²) in [6.45, 7) is 11.0. The van der Waals surface area contributed by atoms with Gasteiger partial charge in [0.05, 0.1) is 0 Å². The summed E-state index contributed by atoms with van der Waals surface area (Å²) >= 11 is 0. The Bertz CT molecular complexity index is 355. The zero-order valence-electron chi connectivity index (χ0n) is 11.3. The molecule has 0 saturated heterocycles. The molecule has 0 aliphatic carbocycles. The molecule has 0 aliphatic heterocycles. The number of nitrogens with two attached hydrogens (primary N) is 1. The number of aryl methyl sites for hydroxylation is 3. The van der Waals surface area contributed by atoms with E-state index in [-0.39, 0.29) is 6.04 Å². The lowest BCUT2D eigenvalue weighted by molar-refractivity contribution is 0.432. The second-order valence-corrected chi connectivity index (χ2v) is 5.08. The molecule has 0 heterocycles. The first-order valence-corrected chi connectivity index (χ1v) is 6.30. The summed E-state index contributed by atoms with van der Waals surface area (Å²) in [4.78, 5) is 0. The van der Waals surface area contributed by atoms with Crippen LogP contribution in [0.25, 0.3) is 0 Å². The molecule has 2 unspecified atom stereocenters. The summed E-state index contributed by atoms with van der Waals surface area (Å²) in [5.41, 5.74) is 11.7. The Kier molecular flexibility index (Phi) is 4.55. The second-order valence-electron chi connectivity index (χ2n) is 5.08. The predicted molar refractivity (Wildman–Crippen MR) is 71.7 cm³/mol. The largest absolute Gasteiger partial charge is 0.324 e. The average Bonchev–Trinajstić information content (AvgIpc) is 2.23. The van der Waals surface area contributed by atoms with Crippen molar-refractivity contribution >= 4 is 0 Å². The van der Waals surface area contributed by atoms with Gasteiger partial charge in [0.25, 0.3) is 0 Å². The topological polar surface area (TPSA) is 26.0 Å². The van der Waals surface area contributed by atoms with Gasteiger partial charge in [-0.2, -0.15) is 0 Å². The van der Waals surface area contributed by atoms with Gasteiger partial charge in [-0.1, -0.05) is 32.4 Å². The average molecular weight is 219 g/mol. The van der Waals surface area contributed by atoms with Crippen molar-refractivity contribution < 1.29 is 0 Å². The van der Waals surface area contributed by atoms with E-state index in [1.54, 1.807) is 0 Å². The van der Waals surface area contributed by atoms with E-state index >= 15 is 0 Å². The van der Waals surface area contributed by atoms with Gasteiger partial charge in [-0.05, 0) is 55.4 Å². The summed E-state index contributed by atoms with van der Waals surface area (Å²) in [6, 6.07) is 4.70. The van der Waals surface area contributed by atoms with Crippen LogP contribution in [0.1, 0.15) is 55.0 Å². The van der Waals surface area contributed by atoms with Crippen LogP contribution in [0.3, 0.4) is 0 Å². The summed E-state index contributed by atoms with van der Waals surface area (Å²) in [5.74, 6) is 0.561. The number of rotatable bonds is 4. The Morgan fingerprint density at radius 3 is 2.19 bits per heavy atom. The summed E-state index contributed by atoms with van der Waals surface area (Å²) in [5, 5.41) is 0. The van der Waals surface area contributed by atoms with Crippen molar-refractivity contribution in [2.45, 2.75) is 53.5 Å². The van der Waals surface area contributed by atoms with E-state index in [2.05, 4.69) is 46.8 Å². The third-order valence-electron chi connectivity index (χ3n) is 3.60. The zero-order chi connectivity index (χ0) is 12.3. The Balaban J connectivity index is 2.99. The number of benzene rings is 1. The maximum absolute atomic E-state index is 6.34. The first-order chi connectivity index (χ1) is 7.47. The van der Waals surface area contributed by atoms with Gasteiger partial charge < -0.3 is 5.73 Å². The minimum Gasteiger partial charge on any atom is -0.324 e. The highest BCUT2D eigenvalue weighted by Gasteiger charge is 2.16. The Morgan fingerprint density at radius 2 is 1.62 bits per heavy atom. The van der Waals surface area contributed by atoms with Gasteiger partial charge in [0.2, 0.25) is 0 Å². The lowest BCUT2D eigenvalue weighted by Gasteiger charge is -2.22. The maximum Gasteiger partial charge on any atom is 0.0323 e. The van der Waals surface area contributed by atoms with E-state index in [9.17, 15) is 0 Å². The molecule has 1 aromatic rings. The van der Waals surface area contributed by atoms with E-state index in [1.807, 2.05) is 0 Å². The number of hydrogen-bond donors (Lipinski definition) is 1. The second kappa shape index (κ2) is 5.49. The summed E-state index contributed by atoms with van der Waals surface area (Å²) in [7, 11) is 0. The highest BCUT2D eigenvalue weighted by atomic mass is 14.6. The van der Waals surface area contributed by atoms with Crippen LogP contribution in [0.5, 0.6) is 0 Å². The van der Waals surface area contributed by atoms with Gasteiger partial charge in [0.15, 0.2) is 0 Å². The SMILES string of the molecule is CCCC(C)C(N)c1cc(C)c(C)cc1C. The molecule has 0 aliphatic rings. The van der Waals surface area contributed by atoms with Crippen molar-refractivity contribution in [3.63, 3.8) is 0 Å². The predicted octanol–water partition coefficient (Wildman–Crippen LogP) is 4.05. The van der Waals surface area contributed by atoms with Crippen molar-refractivity contribution in [1.29, 1.82) is 0 Å². The van der Waals surface area contributed by atoms with Crippen LogP contribution in [0.15, 0.2) is 12.1 Å². The van der Waals surface area contributed by atoms with E-state index < -0.39 is 0 Å². The summed E-state index contributed by atoms with van der Waals surface area (Å²) < 4.78 is 0. The van der Waals surface area contributed by atoms with Gasteiger partial charge in [-0.3, -0.25) is 0 Å². The molecule has 16 heavy (non-hydrogen) atoms. The molecule has 1 nitrogen and oxygen atoms in total. The molecule has 0 spiro atoms. The smallest absolute Gasteiger partial charge is 0.0323 e. The van der Waals surface area contributed by atoms with Crippen molar-refractivity contribution in [2.75, 3.05) is 0 Å². The first kappa shape index (κ1) is 13.2. The fourth-order valence-corrected chi connectivity index (χ4v) is 2.28. The zero-order valence-corrected chi connectivity index (χ0v) is 11.3. The van der Waals surface area contributed by atoms with Crippen molar-refractivity contribution in [3.8, 4) is 0 Å². The van der Waals surface area contributed by atoms with Crippen LogP contribution in [-0.2, 0) is 0 Å². The minimum atomic E-state index is 0.180. The molecular weight excluding hydrogens is 194 g/mol. The molecule has 0 saturated carbocycles. The van der Waals surface area contributed by atoms with E-state index in [0.29, 0.717) is 5.92 Å². The molecule has 1 heteroatoms. The van der Waals surface area contributed by atoms with Crippen molar-refractivity contribution in [3.05, 3.63) is 34.4 Å². The highest BCUT2D eigenvalue weighted by molar-refractivity contribution is 5.38. The van der Waals surface area contributed by atoms with Crippen molar-refractivity contribution in [1.82, 2.24) is 0 Å². The Hall–Kier alpha value is -0.820. The normalized spacial score (nSPS) is 14.9. The molecule has 2 N–H and O–H groups in total. The van der Waals surface area contributed by atoms with E-state index in [1.165, 1.54) is 35.1 Å². The molecule has 1 aromatic carbocycles. The third kappa shape index (κ3) is 2.85. The molecule has 2 atom stereocenters. The Morgan fingerprint density at radius 1 is 1.06 bits per heavy atom. The van der Waals surface area contributed by atoms with E-state index in [4.69, 9.17) is 5.73 Å². The lowest BCUT2D eigenvalue weighted by Crippen LogP contribution is -2.20. The molecular formula is C15H25N. The maximum atomic E-state index is 6.34. The minimum absolute atomic E-state index is 0.180.